The third kappa shape index (κ3) is 6.28. The lowest BCUT2D eigenvalue weighted by molar-refractivity contribution is 0.133. The van der Waals surface area contributed by atoms with Crippen molar-refractivity contribution in [2.24, 2.45) is 5.41 Å². The topological polar surface area (TPSA) is 38.3 Å². The first-order chi connectivity index (χ1) is 8.37. The van der Waals surface area contributed by atoms with Gasteiger partial charge < -0.3 is 10.1 Å². The number of benzene rings is 1. The Kier molecular flexibility index (Phi) is 5.20. The van der Waals surface area contributed by atoms with Gasteiger partial charge in [-0.3, -0.25) is 0 Å². The lowest BCUT2D eigenvalue weighted by Gasteiger charge is -2.23. The fourth-order valence-corrected chi connectivity index (χ4v) is 1.94. The van der Waals surface area contributed by atoms with Crippen LogP contribution in [0.3, 0.4) is 0 Å². The summed E-state index contributed by atoms with van der Waals surface area (Å²) in [7, 11) is 0. The van der Waals surface area contributed by atoms with Gasteiger partial charge in [-0.15, -0.1) is 0 Å². The summed E-state index contributed by atoms with van der Waals surface area (Å²) in [6, 6.07) is 9.79. The molecule has 1 atom stereocenters. The fourth-order valence-electron chi connectivity index (χ4n) is 1.94. The van der Waals surface area contributed by atoms with Gasteiger partial charge in [-0.1, -0.05) is 51.1 Å². The highest BCUT2D eigenvalue weighted by molar-refractivity contribution is 5.67. The number of alkyl carbamates (subject to hydrolysis) is 1. The van der Waals surface area contributed by atoms with E-state index in [4.69, 9.17) is 4.74 Å². The zero-order valence-electron chi connectivity index (χ0n) is 11.7. The van der Waals surface area contributed by atoms with E-state index >= 15 is 0 Å². The first kappa shape index (κ1) is 14.6. The molecule has 100 valence electrons. The Hall–Kier alpha value is -1.51. The predicted octanol–water partition coefficient (Wildman–Crippen LogP) is 3.74. The van der Waals surface area contributed by atoms with E-state index < -0.39 is 0 Å². The molecule has 0 heterocycles. The van der Waals surface area contributed by atoms with E-state index in [-0.39, 0.29) is 17.6 Å². The molecule has 1 rings (SSSR count). The van der Waals surface area contributed by atoms with Gasteiger partial charge in [0.05, 0.1) is 0 Å². The van der Waals surface area contributed by atoms with Gasteiger partial charge in [0, 0.05) is 6.04 Å². The lowest BCUT2D eigenvalue weighted by Crippen LogP contribution is -2.35. The quantitative estimate of drug-likeness (QED) is 0.882. The van der Waals surface area contributed by atoms with Gasteiger partial charge >= 0.3 is 6.09 Å². The summed E-state index contributed by atoms with van der Waals surface area (Å²) in [6.07, 6.45) is 0.573. The van der Waals surface area contributed by atoms with Crippen LogP contribution in [0.25, 0.3) is 0 Å². The number of ether oxygens (including phenoxy) is 1. The molecule has 0 saturated carbocycles. The minimum Gasteiger partial charge on any atom is -0.445 e. The zero-order valence-corrected chi connectivity index (χ0v) is 11.7. The summed E-state index contributed by atoms with van der Waals surface area (Å²) < 4.78 is 5.16. The SMILES string of the molecule is CC(CC(C)(C)C)NC(=O)OCc1ccccc1. The molecule has 1 amide bonds. The highest BCUT2D eigenvalue weighted by Gasteiger charge is 2.17. The van der Waals surface area contributed by atoms with Crippen molar-refractivity contribution in [3.05, 3.63) is 35.9 Å². The molecule has 1 unspecified atom stereocenters. The van der Waals surface area contributed by atoms with Crippen LogP contribution in [0, 0.1) is 5.41 Å². The fraction of sp³-hybridized carbons (Fsp3) is 0.533. The average molecular weight is 249 g/mol. The Balaban J connectivity index is 2.30. The highest BCUT2D eigenvalue weighted by Crippen LogP contribution is 2.20. The molecule has 3 heteroatoms. The van der Waals surface area contributed by atoms with Gasteiger partial charge in [0.2, 0.25) is 0 Å². The summed E-state index contributed by atoms with van der Waals surface area (Å²) in [6.45, 7) is 8.77. The van der Waals surface area contributed by atoms with E-state index in [0.717, 1.165) is 12.0 Å². The maximum atomic E-state index is 11.6. The number of amides is 1. The van der Waals surface area contributed by atoms with Gasteiger partial charge in [0.1, 0.15) is 6.61 Å². The third-order valence-electron chi connectivity index (χ3n) is 2.50. The second-order valence-electron chi connectivity index (χ2n) is 5.87. The Labute approximate surface area is 110 Å². The monoisotopic (exact) mass is 249 g/mol. The molecule has 3 nitrogen and oxygen atoms in total. The van der Waals surface area contributed by atoms with E-state index in [2.05, 4.69) is 26.1 Å². The van der Waals surface area contributed by atoms with E-state index in [0.29, 0.717) is 6.61 Å². The van der Waals surface area contributed by atoms with Crippen LogP contribution < -0.4 is 5.32 Å². The lowest BCUT2D eigenvalue weighted by atomic mass is 9.89. The van der Waals surface area contributed by atoms with Gasteiger partial charge in [0.25, 0.3) is 0 Å². The predicted molar refractivity (Wildman–Crippen MR) is 73.3 cm³/mol. The number of hydrogen-bond acceptors (Lipinski definition) is 2. The van der Waals surface area contributed by atoms with Crippen LogP contribution in [-0.2, 0) is 11.3 Å². The van der Waals surface area contributed by atoms with Crippen LogP contribution in [0.15, 0.2) is 30.3 Å². The van der Waals surface area contributed by atoms with Crippen LogP contribution in [0.4, 0.5) is 4.79 Å². The van der Waals surface area contributed by atoms with Crippen molar-refractivity contribution < 1.29 is 9.53 Å². The molecule has 0 aliphatic carbocycles. The molecular formula is C15H23NO2. The summed E-state index contributed by atoms with van der Waals surface area (Å²) in [5.74, 6) is 0. The van der Waals surface area contributed by atoms with Crippen molar-refractivity contribution in [1.82, 2.24) is 5.32 Å². The van der Waals surface area contributed by atoms with Crippen molar-refractivity contribution in [2.45, 2.75) is 46.8 Å². The molecule has 0 radical (unpaired) electrons. The summed E-state index contributed by atoms with van der Waals surface area (Å²) >= 11 is 0. The van der Waals surface area contributed by atoms with Crippen molar-refractivity contribution in [1.29, 1.82) is 0 Å². The van der Waals surface area contributed by atoms with Crippen LogP contribution in [-0.4, -0.2) is 12.1 Å². The first-order valence-corrected chi connectivity index (χ1v) is 6.34. The third-order valence-corrected chi connectivity index (χ3v) is 2.50. The maximum Gasteiger partial charge on any atom is 0.407 e. The van der Waals surface area contributed by atoms with Crippen molar-refractivity contribution in [2.75, 3.05) is 0 Å². The second-order valence-corrected chi connectivity index (χ2v) is 5.87. The Bertz CT molecular complexity index is 368. The Morgan fingerprint density at radius 3 is 2.44 bits per heavy atom. The van der Waals surface area contributed by atoms with E-state index in [1.807, 2.05) is 37.3 Å². The zero-order chi connectivity index (χ0) is 13.6. The molecule has 0 saturated heterocycles. The van der Waals surface area contributed by atoms with Gasteiger partial charge in [0.15, 0.2) is 0 Å². The molecule has 1 aromatic rings. The highest BCUT2D eigenvalue weighted by atomic mass is 16.5. The van der Waals surface area contributed by atoms with E-state index in [1.54, 1.807) is 0 Å². The summed E-state index contributed by atoms with van der Waals surface area (Å²) in [5, 5.41) is 2.85. The molecule has 0 aliphatic rings. The second kappa shape index (κ2) is 6.43. The number of rotatable bonds is 4. The Morgan fingerprint density at radius 1 is 1.28 bits per heavy atom. The molecule has 0 spiro atoms. The summed E-state index contributed by atoms with van der Waals surface area (Å²) in [4.78, 5) is 11.6. The molecule has 18 heavy (non-hydrogen) atoms. The van der Waals surface area contributed by atoms with Crippen molar-refractivity contribution in [3.63, 3.8) is 0 Å². The van der Waals surface area contributed by atoms with Crippen LogP contribution >= 0.6 is 0 Å². The van der Waals surface area contributed by atoms with E-state index in [9.17, 15) is 4.79 Å². The molecule has 0 fully saturated rings. The average Bonchev–Trinajstić information content (AvgIpc) is 2.25. The molecular weight excluding hydrogens is 226 g/mol. The normalized spacial score (nSPS) is 12.9. The van der Waals surface area contributed by atoms with Crippen LogP contribution in [0.5, 0.6) is 0 Å². The van der Waals surface area contributed by atoms with Crippen LogP contribution in [0.1, 0.15) is 39.7 Å². The van der Waals surface area contributed by atoms with Crippen LogP contribution in [0.2, 0.25) is 0 Å². The van der Waals surface area contributed by atoms with Crippen molar-refractivity contribution >= 4 is 6.09 Å². The first-order valence-electron chi connectivity index (χ1n) is 6.34. The van der Waals surface area contributed by atoms with Gasteiger partial charge in [-0.05, 0) is 24.3 Å². The number of carbonyl (C=O) groups excluding carboxylic acids is 1. The number of hydrogen-bond donors (Lipinski definition) is 1. The molecule has 0 aromatic heterocycles. The molecule has 0 bridgehead atoms. The largest absolute Gasteiger partial charge is 0.445 e. The minimum atomic E-state index is -0.351. The number of nitrogens with one attached hydrogen (secondary N) is 1. The minimum absolute atomic E-state index is 0.119. The molecule has 0 aliphatic heterocycles. The van der Waals surface area contributed by atoms with Gasteiger partial charge in [-0.25, -0.2) is 4.79 Å². The smallest absolute Gasteiger partial charge is 0.407 e. The summed E-state index contributed by atoms with van der Waals surface area (Å²) in [5.41, 5.74) is 1.20. The molecule has 1 N–H and O–H groups in total. The van der Waals surface area contributed by atoms with E-state index in [1.165, 1.54) is 0 Å². The number of carbonyl (C=O) groups is 1. The maximum absolute atomic E-state index is 11.6. The molecule has 1 aromatic carbocycles. The standard InChI is InChI=1S/C15H23NO2/c1-12(10-15(2,3)4)16-14(17)18-11-13-8-6-5-7-9-13/h5-9,12H,10-11H2,1-4H3,(H,16,17). The van der Waals surface area contributed by atoms with Crippen molar-refractivity contribution in [3.8, 4) is 0 Å². The Morgan fingerprint density at radius 2 is 1.89 bits per heavy atom. The van der Waals surface area contributed by atoms with Gasteiger partial charge in [-0.2, -0.15) is 0 Å².